The highest BCUT2D eigenvalue weighted by Crippen LogP contribution is 2.45. The van der Waals surface area contributed by atoms with E-state index in [-0.39, 0.29) is 5.82 Å². The van der Waals surface area contributed by atoms with Crippen molar-refractivity contribution in [3.05, 3.63) is 29.6 Å². The van der Waals surface area contributed by atoms with E-state index >= 15 is 0 Å². The standard InChI is InChI=1S/C11H13FO2/c1-14-9-5-2-4-8(12)10(9)11(13)6-3-7-11/h2,4-5,13H,3,6-7H2,1H3. The number of hydrogen-bond donors (Lipinski definition) is 1. The fraction of sp³-hybridized carbons (Fsp3) is 0.455. The summed E-state index contributed by atoms with van der Waals surface area (Å²) in [7, 11) is 1.49. The van der Waals surface area contributed by atoms with Crippen molar-refractivity contribution >= 4 is 0 Å². The summed E-state index contributed by atoms with van der Waals surface area (Å²) in [6.07, 6.45) is 2.17. The van der Waals surface area contributed by atoms with E-state index in [1.165, 1.54) is 13.2 Å². The number of rotatable bonds is 2. The molecule has 0 saturated heterocycles. The molecule has 0 amide bonds. The highest BCUT2D eigenvalue weighted by molar-refractivity contribution is 5.40. The van der Waals surface area contributed by atoms with Gasteiger partial charge in [-0.15, -0.1) is 0 Å². The first-order chi connectivity index (χ1) is 6.67. The molecule has 0 unspecified atom stereocenters. The van der Waals surface area contributed by atoms with Crippen LogP contribution in [0.15, 0.2) is 18.2 Å². The van der Waals surface area contributed by atoms with Crippen molar-refractivity contribution in [2.24, 2.45) is 0 Å². The van der Waals surface area contributed by atoms with Gasteiger partial charge in [-0.1, -0.05) is 6.07 Å². The lowest BCUT2D eigenvalue weighted by Gasteiger charge is -2.37. The average molecular weight is 196 g/mol. The quantitative estimate of drug-likeness (QED) is 0.785. The minimum Gasteiger partial charge on any atom is -0.496 e. The molecule has 0 aromatic heterocycles. The number of ether oxygens (including phenoxy) is 1. The zero-order chi connectivity index (χ0) is 10.2. The normalized spacial score (nSPS) is 18.8. The Bertz CT molecular complexity index is 345. The summed E-state index contributed by atoms with van der Waals surface area (Å²) in [6, 6.07) is 4.61. The van der Waals surface area contributed by atoms with Gasteiger partial charge in [0.15, 0.2) is 0 Å². The molecule has 1 N–H and O–H groups in total. The van der Waals surface area contributed by atoms with Crippen LogP contribution in [0.25, 0.3) is 0 Å². The minimum atomic E-state index is -1.00. The van der Waals surface area contributed by atoms with Gasteiger partial charge in [0.2, 0.25) is 0 Å². The minimum absolute atomic E-state index is 0.314. The topological polar surface area (TPSA) is 29.5 Å². The summed E-state index contributed by atoms with van der Waals surface area (Å²) in [6.45, 7) is 0. The van der Waals surface area contributed by atoms with Crippen LogP contribution in [0.1, 0.15) is 24.8 Å². The zero-order valence-corrected chi connectivity index (χ0v) is 8.09. The number of methoxy groups -OCH3 is 1. The van der Waals surface area contributed by atoms with Gasteiger partial charge < -0.3 is 9.84 Å². The van der Waals surface area contributed by atoms with Crippen LogP contribution in [-0.2, 0) is 5.60 Å². The lowest BCUT2D eigenvalue weighted by Crippen LogP contribution is -2.35. The summed E-state index contributed by atoms with van der Waals surface area (Å²) in [5, 5.41) is 10.1. The highest BCUT2D eigenvalue weighted by Gasteiger charge is 2.40. The first kappa shape index (κ1) is 9.46. The summed E-state index contributed by atoms with van der Waals surface area (Å²) < 4.78 is 18.6. The van der Waals surface area contributed by atoms with Crippen LogP contribution < -0.4 is 4.74 Å². The first-order valence-electron chi connectivity index (χ1n) is 4.73. The average Bonchev–Trinajstić information content (AvgIpc) is 2.14. The van der Waals surface area contributed by atoms with Crippen LogP contribution in [-0.4, -0.2) is 12.2 Å². The molecule has 14 heavy (non-hydrogen) atoms. The zero-order valence-electron chi connectivity index (χ0n) is 8.09. The van der Waals surface area contributed by atoms with Crippen molar-refractivity contribution in [3.8, 4) is 5.75 Å². The number of hydrogen-bond acceptors (Lipinski definition) is 2. The predicted molar refractivity (Wildman–Crippen MR) is 50.7 cm³/mol. The second-order valence-corrected chi connectivity index (χ2v) is 3.70. The Hall–Kier alpha value is -1.09. The molecular weight excluding hydrogens is 183 g/mol. The first-order valence-corrected chi connectivity index (χ1v) is 4.73. The molecule has 0 bridgehead atoms. The molecule has 0 heterocycles. The van der Waals surface area contributed by atoms with Crippen LogP contribution in [0.5, 0.6) is 5.75 Å². The Labute approximate surface area is 82.3 Å². The van der Waals surface area contributed by atoms with Gasteiger partial charge in [-0.25, -0.2) is 4.39 Å². The van der Waals surface area contributed by atoms with Crippen LogP contribution >= 0.6 is 0 Å². The second-order valence-electron chi connectivity index (χ2n) is 3.70. The molecule has 2 nitrogen and oxygen atoms in total. The van der Waals surface area contributed by atoms with Crippen LogP contribution in [0.4, 0.5) is 4.39 Å². The van der Waals surface area contributed by atoms with Gasteiger partial charge >= 0.3 is 0 Å². The third-order valence-corrected chi connectivity index (χ3v) is 2.84. The molecule has 1 aliphatic carbocycles. The van der Waals surface area contributed by atoms with Gasteiger partial charge in [0.05, 0.1) is 18.3 Å². The molecule has 0 radical (unpaired) electrons. The molecule has 1 aromatic rings. The Morgan fingerprint density at radius 1 is 1.43 bits per heavy atom. The van der Waals surface area contributed by atoms with Gasteiger partial charge in [0.1, 0.15) is 11.6 Å². The summed E-state index contributed by atoms with van der Waals surface area (Å²) in [4.78, 5) is 0. The van der Waals surface area contributed by atoms with E-state index in [2.05, 4.69) is 0 Å². The van der Waals surface area contributed by atoms with Gasteiger partial charge in [0.25, 0.3) is 0 Å². The maximum atomic E-state index is 13.5. The number of benzene rings is 1. The van der Waals surface area contributed by atoms with Gasteiger partial charge in [0, 0.05) is 0 Å². The van der Waals surface area contributed by atoms with Gasteiger partial charge in [-0.2, -0.15) is 0 Å². The maximum Gasteiger partial charge on any atom is 0.133 e. The molecule has 3 heteroatoms. The van der Waals surface area contributed by atoms with Crippen LogP contribution in [0, 0.1) is 5.82 Å². The van der Waals surface area contributed by atoms with E-state index in [1.807, 2.05) is 0 Å². The predicted octanol–water partition coefficient (Wildman–Crippen LogP) is 2.21. The van der Waals surface area contributed by atoms with Crippen molar-refractivity contribution in [2.75, 3.05) is 7.11 Å². The summed E-state index contributed by atoms with van der Waals surface area (Å²) in [5.41, 5.74) is -0.690. The third kappa shape index (κ3) is 1.28. The van der Waals surface area contributed by atoms with Crippen molar-refractivity contribution < 1.29 is 14.2 Å². The SMILES string of the molecule is COc1cccc(F)c1C1(O)CCC1. The Morgan fingerprint density at radius 2 is 2.14 bits per heavy atom. The number of aliphatic hydroxyl groups is 1. The monoisotopic (exact) mass is 196 g/mol. The lowest BCUT2D eigenvalue weighted by molar-refractivity contribution is -0.0433. The van der Waals surface area contributed by atoms with E-state index in [4.69, 9.17) is 4.74 Å². The molecule has 1 aliphatic rings. The molecular formula is C11H13FO2. The lowest BCUT2D eigenvalue weighted by atomic mass is 9.74. The van der Waals surface area contributed by atoms with Crippen molar-refractivity contribution in [1.29, 1.82) is 0 Å². The fourth-order valence-electron chi connectivity index (χ4n) is 1.89. The van der Waals surface area contributed by atoms with E-state index in [1.54, 1.807) is 12.1 Å². The molecule has 2 rings (SSSR count). The molecule has 76 valence electrons. The Kier molecular flexibility index (Phi) is 2.19. The smallest absolute Gasteiger partial charge is 0.133 e. The largest absolute Gasteiger partial charge is 0.496 e. The molecule has 0 aliphatic heterocycles. The van der Waals surface area contributed by atoms with Crippen molar-refractivity contribution in [2.45, 2.75) is 24.9 Å². The van der Waals surface area contributed by atoms with E-state index in [0.717, 1.165) is 6.42 Å². The van der Waals surface area contributed by atoms with Crippen molar-refractivity contribution in [3.63, 3.8) is 0 Å². The van der Waals surface area contributed by atoms with E-state index in [9.17, 15) is 9.50 Å². The molecule has 1 aromatic carbocycles. The van der Waals surface area contributed by atoms with E-state index < -0.39 is 5.60 Å². The summed E-state index contributed by atoms with van der Waals surface area (Å²) >= 11 is 0. The fourth-order valence-corrected chi connectivity index (χ4v) is 1.89. The molecule has 1 saturated carbocycles. The second kappa shape index (κ2) is 3.24. The van der Waals surface area contributed by atoms with Crippen molar-refractivity contribution in [1.82, 2.24) is 0 Å². The molecule has 1 fully saturated rings. The molecule has 0 atom stereocenters. The van der Waals surface area contributed by atoms with E-state index in [0.29, 0.717) is 24.2 Å². The Balaban J connectivity index is 2.49. The maximum absolute atomic E-state index is 13.5. The van der Waals surface area contributed by atoms with Crippen LogP contribution in [0.2, 0.25) is 0 Å². The Morgan fingerprint density at radius 3 is 2.64 bits per heavy atom. The summed E-state index contributed by atoms with van der Waals surface area (Å²) in [5.74, 6) is 0.0544. The number of halogens is 1. The van der Waals surface area contributed by atoms with Gasteiger partial charge in [-0.05, 0) is 31.4 Å². The molecule has 0 spiro atoms. The van der Waals surface area contributed by atoms with Gasteiger partial charge in [-0.3, -0.25) is 0 Å². The van der Waals surface area contributed by atoms with Crippen LogP contribution in [0.3, 0.4) is 0 Å². The highest BCUT2D eigenvalue weighted by atomic mass is 19.1. The third-order valence-electron chi connectivity index (χ3n) is 2.84.